The molecule has 0 atom stereocenters. The normalized spacial score (nSPS) is 9.18. The van der Waals surface area contributed by atoms with E-state index in [0.717, 1.165) is 21.9 Å². The van der Waals surface area contributed by atoms with Gasteiger partial charge in [0.15, 0.2) is 17.9 Å². The molecular formula is C22H23Br2F3O5S2. The van der Waals surface area contributed by atoms with E-state index in [1.807, 2.05) is 0 Å². The molecule has 1 heterocycles. The van der Waals surface area contributed by atoms with Crippen molar-refractivity contribution in [2.45, 2.75) is 14.9 Å². The van der Waals surface area contributed by atoms with E-state index in [1.165, 1.54) is 26.4 Å². The Morgan fingerprint density at radius 2 is 1.56 bits per heavy atom. The third-order valence-corrected chi connectivity index (χ3v) is 6.29. The maximum Gasteiger partial charge on any atom is 0.348 e. The van der Waals surface area contributed by atoms with Crippen molar-refractivity contribution in [1.82, 2.24) is 0 Å². The molecule has 1 aromatic heterocycles. The molecule has 0 unspecified atom stereocenters. The average molecular weight is 648 g/mol. The highest BCUT2D eigenvalue weighted by atomic mass is 79.9. The highest BCUT2D eigenvalue weighted by molar-refractivity contribution is 9.11. The Hall–Kier alpha value is -1.89. The summed E-state index contributed by atoms with van der Waals surface area (Å²) in [5, 5.41) is 0.695. The molecule has 0 bridgehead atoms. The number of methoxy groups -OCH3 is 2. The van der Waals surface area contributed by atoms with Crippen LogP contribution in [0.15, 0.2) is 39.3 Å². The lowest BCUT2D eigenvalue weighted by Gasteiger charge is -1.97. The number of hydrogen-bond acceptors (Lipinski definition) is 7. The molecule has 0 amide bonds. The van der Waals surface area contributed by atoms with Gasteiger partial charge in [-0.1, -0.05) is 30.8 Å². The Morgan fingerprint density at radius 1 is 1.00 bits per heavy atom. The fraction of sp³-hybridized carbons (Fsp3) is 0.227. The fourth-order valence-corrected chi connectivity index (χ4v) is 4.09. The van der Waals surface area contributed by atoms with Crippen LogP contribution in [0, 0.1) is 17.5 Å². The van der Waals surface area contributed by atoms with Crippen LogP contribution < -0.4 is 0 Å². The lowest BCUT2D eigenvalue weighted by atomic mass is 10.2. The van der Waals surface area contributed by atoms with Crippen molar-refractivity contribution >= 4 is 84.1 Å². The zero-order valence-corrected chi connectivity index (χ0v) is 21.3. The van der Waals surface area contributed by atoms with Crippen LogP contribution in [0.4, 0.5) is 13.2 Å². The van der Waals surface area contributed by atoms with E-state index in [9.17, 15) is 27.6 Å². The third kappa shape index (κ3) is 9.40. The summed E-state index contributed by atoms with van der Waals surface area (Å²) in [6.45, 7) is 0. The van der Waals surface area contributed by atoms with Crippen LogP contribution >= 0.6 is 55.8 Å². The number of halogens is 5. The summed E-state index contributed by atoms with van der Waals surface area (Å²) < 4.78 is 48.7. The Balaban J connectivity index is 0. The lowest BCUT2D eigenvalue weighted by Crippen LogP contribution is -1.99. The van der Waals surface area contributed by atoms with Crippen molar-refractivity contribution in [2.24, 2.45) is 0 Å². The first kappa shape index (κ1) is 34.3. The van der Waals surface area contributed by atoms with Gasteiger partial charge in [-0.05, 0) is 46.3 Å². The first-order valence-electron chi connectivity index (χ1n) is 8.33. The number of carbonyl (C=O) groups excluding carboxylic acids is 3. The van der Waals surface area contributed by atoms with Crippen molar-refractivity contribution in [1.29, 1.82) is 0 Å². The molecule has 0 saturated carbocycles. The first-order chi connectivity index (χ1) is 15.1. The molecule has 0 aliphatic rings. The van der Waals surface area contributed by atoms with Crippen molar-refractivity contribution in [3.05, 3.63) is 67.2 Å². The van der Waals surface area contributed by atoms with Crippen LogP contribution in [0.2, 0.25) is 0 Å². The Bertz CT molecular complexity index is 1080. The molecule has 3 rings (SSSR count). The minimum absolute atomic E-state index is 0. The standard InChI is InChI=1S/C10H6BrFO2S.C7H3BrF2O.C3H6O2S.2CH4/c1-14-10(13)8-4-5-6(11)2-3-7(12)9(5)15-8;8-5-1-2-6(9)7(10)4(5)3-11;1-5-3(4)2-6;;/h2-4H,1H3;1-3H;6H,2H2,1H3;2*1H4. The van der Waals surface area contributed by atoms with E-state index in [2.05, 4.69) is 54.0 Å². The van der Waals surface area contributed by atoms with Crippen molar-refractivity contribution in [3.8, 4) is 0 Å². The van der Waals surface area contributed by atoms with Crippen LogP contribution in [0.3, 0.4) is 0 Å². The molecular weight excluding hydrogens is 625 g/mol. The highest BCUT2D eigenvalue weighted by Crippen LogP contribution is 2.33. The number of thiol groups is 1. The summed E-state index contributed by atoms with van der Waals surface area (Å²) in [5.74, 6) is -3.03. The number of esters is 2. The molecule has 2 aromatic carbocycles. The average Bonchev–Trinajstić information content (AvgIpc) is 3.26. The van der Waals surface area contributed by atoms with Crippen LogP contribution in [-0.2, 0) is 14.3 Å². The van der Waals surface area contributed by atoms with Gasteiger partial charge in [-0.15, -0.1) is 11.3 Å². The maximum absolute atomic E-state index is 13.4. The summed E-state index contributed by atoms with van der Waals surface area (Å²) >= 11 is 10.9. The van der Waals surface area contributed by atoms with Gasteiger partial charge in [-0.2, -0.15) is 12.6 Å². The van der Waals surface area contributed by atoms with E-state index >= 15 is 0 Å². The number of aldehydes is 1. The molecule has 188 valence electrons. The van der Waals surface area contributed by atoms with E-state index in [0.29, 0.717) is 15.0 Å². The van der Waals surface area contributed by atoms with Crippen molar-refractivity contribution < 1.29 is 37.0 Å². The second-order valence-electron chi connectivity index (χ2n) is 5.48. The number of carbonyl (C=O) groups is 3. The van der Waals surface area contributed by atoms with Crippen LogP contribution in [0.1, 0.15) is 34.9 Å². The minimum atomic E-state index is -1.12. The van der Waals surface area contributed by atoms with Gasteiger partial charge in [0.2, 0.25) is 0 Å². The molecule has 0 aliphatic heterocycles. The highest BCUT2D eigenvalue weighted by Gasteiger charge is 2.14. The lowest BCUT2D eigenvalue weighted by molar-refractivity contribution is -0.137. The van der Waals surface area contributed by atoms with E-state index in [1.54, 1.807) is 12.1 Å². The predicted molar refractivity (Wildman–Crippen MR) is 140 cm³/mol. The Labute approximate surface area is 222 Å². The van der Waals surface area contributed by atoms with Gasteiger partial charge in [-0.3, -0.25) is 9.59 Å². The van der Waals surface area contributed by atoms with Crippen LogP contribution in [0.25, 0.3) is 10.1 Å². The largest absolute Gasteiger partial charge is 0.468 e. The summed E-state index contributed by atoms with van der Waals surface area (Å²) in [4.78, 5) is 31.7. The summed E-state index contributed by atoms with van der Waals surface area (Å²) in [6, 6.07) is 6.84. The number of fused-ring (bicyclic) bond motifs is 1. The monoisotopic (exact) mass is 646 g/mol. The molecule has 0 aliphatic carbocycles. The van der Waals surface area contributed by atoms with E-state index in [-0.39, 0.29) is 48.7 Å². The zero-order chi connectivity index (χ0) is 24.4. The van der Waals surface area contributed by atoms with Gasteiger partial charge in [0.1, 0.15) is 10.7 Å². The van der Waals surface area contributed by atoms with Crippen molar-refractivity contribution in [2.75, 3.05) is 20.0 Å². The molecule has 0 fully saturated rings. The molecule has 34 heavy (non-hydrogen) atoms. The number of rotatable bonds is 3. The quantitative estimate of drug-likeness (QED) is 0.138. The topological polar surface area (TPSA) is 69.7 Å². The fourth-order valence-electron chi connectivity index (χ4n) is 1.97. The molecule has 0 N–H and O–H groups in total. The van der Waals surface area contributed by atoms with E-state index < -0.39 is 17.6 Å². The van der Waals surface area contributed by atoms with Crippen molar-refractivity contribution in [3.63, 3.8) is 0 Å². The van der Waals surface area contributed by atoms with Gasteiger partial charge >= 0.3 is 11.9 Å². The van der Waals surface area contributed by atoms with Gasteiger partial charge < -0.3 is 9.47 Å². The number of thiophene rings is 1. The Morgan fingerprint density at radius 3 is 1.97 bits per heavy atom. The SMILES string of the molecule is C.C.COC(=O)CS.COC(=O)c1cc2c(Br)ccc(F)c2s1.O=Cc1c(Br)ccc(F)c1F. The number of benzene rings is 2. The van der Waals surface area contributed by atoms with E-state index in [4.69, 9.17) is 0 Å². The Kier molecular flexibility index (Phi) is 16.8. The summed E-state index contributed by atoms with van der Waals surface area (Å²) in [5.41, 5.74) is -0.287. The van der Waals surface area contributed by atoms with Gasteiger partial charge in [0.05, 0.1) is 30.2 Å². The second kappa shape index (κ2) is 16.7. The minimum Gasteiger partial charge on any atom is -0.468 e. The molecule has 5 nitrogen and oxygen atoms in total. The summed E-state index contributed by atoms with van der Waals surface area (Å²) in [7, 11) is 2.64. The maximum atomic E-state index is 13.4. The second-order valence-corrected chi connectivity index (χ2v) is 8.56. The number of hydrogen-bond donors (Lipinski definition) is 1. The molecule has 0 spiro atoms. The van der Waals surface area contributed by atoms with Gasteiger partial charge in [0.25, 0.3) is 0 Å². The third-order valence-electron chi connectivity index (χ3n) is 3.52. The van der Waals surface area contributed by atoms with Gasteiger partial charge in [-0.25, -0.2) is 18.0 Å². The molecule has 3 aromatic rings. The summed E-state index contributed by atoms with van der Waals surface area (Å²) in [6.07, 6.45) is 0.266. The van der Waals surface area contributed by atoms with Crippen LogP contribution in [-0.4, -0.2) is 38.2 Å². The number of ether oxygens (including phenoxy) is 2. The predicted octanol–water partition coefficient (Wildman–Crippen LogP) is 7.49. The molecule has 0 saturated heterocycles. The smallest absolute Gasteiger partial charge is 0.348 e. The first-order valence-corrected chi connectivity index (χ1v) is 11.4. The van der Waals surface area contributed by atoms with Gasteiger partial charge in [0, 0.05) is 14.3 Å². The molecule has 0 radical (unpaired) electrons. The molecule has 12 heteroatoms. The zero-order valence-electron chi connectivity index (χ0n) is 16.5. The van der Waals surface area contributed by atoms with Crippen LogP contribution in [0.5, 0.6) is 0 Å².